The number of nitro benzene ring substituents is 1. The molecule has 0 bridgehead atoms. The van der Waals surface area contributed by atoms with Gasteiger partial charge in [-0.05, 0) is 44.0 Å². The summed E-state index contributed by atoms with van der Waals surface area (Å²) in [6.45, 7) is 2.82. The summed E-state index contributed by atoms with van der Waals surface area (Å²) in [5, 5.41) is 17.5. The fourth-order valence-electron chi connectivity index (χ4n) is 2.28. The van der Waals surface area contributed by atoms with Gasteiger partial charge in [0.15, 0.2) is 0 Å². The molecular weight excluding hydrogens is 246 g/mol. The molecule has 0 saturated carbocycles. The molecule has 2 rings (SSSR count). The fourth-order valence-corrected chi connectivity index (χ4v) is 2.28. The number of rotatable bonds is 5. The first-order valence-corrected chi connectivity index (χ1v) is 6.47. The molecule has 104 valence electrons. The van der Waals surface area contributed by atoms with E-state index in [4.69, 9.17) is 4.74 Å². The van der Waals surface area contributed by atoms with Gasteiger partial charge < -0.3 is 15.4 Å². The van der Waals surface area contributed by atoms with Crippen LogP contribution in [0.15, 0.2) is 18.2 Å². The van der Waals surface area contributed by atoms with Gasteiger partial charge in [0.2, 0.25) is 0 Å². The van der Waals surface area contributed by atoms with E-state index >= 15 is 0 Å². The molecule has 1 fully saturated rings. The highest BCUT2D eigenvalue weighted by atomic mass is 16.6. The highest BCUT2D eigenvalue weighted by Crippen LogP contribution is 2.29. The molecular formula is C13H19N3O3. The van der Waals surface area contributed by atoms with Crippen molar-refractivity contribution in [3.8, 4) is 5.75 Å². The van der Waals surface area contributed by atoms with Crippen LogP contribution in [0.2, 0.25) is 0 Å². The lowest BCUT2D eigenvalue weighted by Gasteiger charge is -2.23. The van der Waals surface area contributed by atoms with Crippen LogP contribution >= 0.6 is 0 Å². The topological polar surface area (TPSA) is 76.4 Å². The number of methoxy groups -OCH3 is 1. The average Bonchev–Trinajstić information content (AvgIpc) is 2.46. The van der Waals surface area contributed by atoms with Crippen molar-refractivity contribution in [3.05, 3.63) is 28.3 Å². The molecule has 1 aromatic carbocycles. The highest BCUT2D eigenvalue weighted by Gasteiger charge is 2.17. The minimum atomic E-state index is -0.382. The van der Waals surface area contributed by atoms with Crippen LogP contribution < -0.4 is 15.4 Å². The van der Waals surface area contributed by atoms with Crippen LogP contribution in [0.4, 0.5) is 11.4 Å². The van der Waals surface area contributed by atoms with Gasteiger partial charge in [0, 0.05) is 6.54 Å². The zero-order valence-electron chi connectivity index (χ0n) is 11.0. The zero-order valence-corrected chi connectivity index (χ0v) is 11.0. The molecule has 0 atom stereocenters. The lowest BCUT2D eigenvalue weighted by Crippen LogP contribution is -2.31. The Bertz CT molecular complexity index is 445. The molecule has 0 aliphatic carbocycles. The normalized spacial score (nSPS) is 16.1. The third kappa shape index (κ3) is 3.57. The van der Waals surface area contributed by atoms with Crippen LogP contribution in [0, 0.1) is 16.0 Å². The third-order valence-electron chi connectivity index (χ3n) is 3.44. The van der Waals surface area contributed by atoms with Crippen molar-refractivity contribution in [2.75, 3.05) is 32.1 Å². The van der Waals surface area contributed by atoms with Gasteiger partial charge in [0.25, 0.3) is 5.69 Å². The number of hydrogen-bond donors (Lipinski definition) is 2. The van der Waals surface area contributed by atoms with Crippen LogP contribution in [0.5, 0.6) is 5.75 Å². The summed E-state index contributed by atoms with van der Waals surface area (Å²) in [4.78, 5) is 10.7. The summed E-state index contributed by atoms with van der Waals surface area (Å²) in [6, 6.07) is 4.89. The average molecular weight is 265 g/mol. The van der Waals surface area contributed by atoms with Gasteiger partial charge in [-0.2, -0.15) is 0 Å². The second-order valence-electron chi connectivity index (χ2n) is 4.71. The molecule has 0 spiro atoms. The molecule has 2 N–H and O–H groups in total. The maximum atomic E-state index is 11.0. The number of nitrogens with one attached hydrogen (secondary N) is 2. The number of benzene rings is 1. The van der Waals surface area contributed by atoms with Crippen LogP contribution in [0.3, 0.4) is 0 Å². The summed E-state index contributed by atoms with van der Waals surface area (Å²) in [7, 11) is 1.50. The molecule has 1 saturated heterocycles. The Hall–Kier alpha value is -1.82. The third-order valence-corrected chi connectivity index (χ3v) is 3.44. The lowest BCUT2D eigenvalue weighted by atomic mass is 9.98. The number of nitrogens with zero attached hydrogens (tertiary/aromatic N) is 1. The molecule has 6 heteroatoms. The van der Waals surface area contributed by atoms with Gasteiger partial charge in [0.1, 0.15) is 11.4 Å². The van der Waals surface area contributed by atoms with E-state index in [2.05, 4.69) is 10.6 Å². The molecule has 19 heavy (non-hydrogen) atoms. The Kier molecular flexibility index (Phi) is 4.57. The maximum absolute atomic E-state index is 11.0. The first-order valence-electron chi connectivity index (χ1n) is 6.47. The second-order valence-corrected chi connectivity index (χ2v) is 4.71. The monoisotopic (exact) mass is 265 g/mol. The van der Waals surface area contributed by atoms with Crippen LogP contribution in [-0.2, 0) is 0 Å². The van der Waals surface area contributed by atoms with E-state index in [1.807, 2.05) is 0 Å². The Morgan fingerprint density at radius 1 is 1.47 bits per heavy atom. The van der Waals surface area contributed by atoms with E-state index < -0.39 is 0 Å². The quantitative estimate of drug-likeness (QED) is 0.629. The molecule has 0 radical (unpaired) electrons. The Morgan fingerprint density at radius 3 is 2.84 bits per heavy atom. The molecule has 1 aliphatic rings. The Morgan fingerprint density at radius 2 is 2.21 bits per heavy atom. The van der Waals surface area contributed by atoms with Crippen molar-refractivity contribution in [1.82, 2.24) is 5.32 Å². The van der Waals surface area contributed by atoms with Crippen LogP contribution in [0.25, 0.3) is 0 Å². The van der Waals surface area contributed by atoms with E-state index in [0.29, 0.717) is 17.4 Å². The van der Waals surface area contributed by atoms with Crippen molar-refractivity contribution in [2.24, 2.45) is 5.92 Å². The van der Waals surface area contributed by atoms with Crippen molar-refractivity contribution in [1.29, 1.82) is 0 Å². The first kappa shape index (κ1) is 13.6. The van der Waals surface area contributed by atoms with Gasteiger partial charge in [-0.25, -0.2) is 0 Å². The van der Waals surface area contributed by atoms with Crippen molar-refractivity contribution < 1.29 is 9.66 Å². The van der Waals surface area contributed by atoms with Gasteiger partial charge >= 0.3 is 0 Å². The Balaban J connectivity index is 2.04. The number of ether oxygens (including phenoxy) is 1. The number of hydrogen-bond acceptors (Lipinski definition) is 5. The van der Waals surface area contributed by atoms with Gasteiger partial charge in [0.05, 0.1) is 18.1 Å². The van der Waals surface area contributed by atoms with E-state index in [1.54, 1.807) is 12.1 Å². The van der Waals surface area contributed by atoms with Gasteiger partial charge in [-0.15, -0.1) is 0 Å². The molecule has 1 aromatic rings. The Labute approximate surface area is 112 Å². The van der Waals surface area contributed by atoms with Crippen molar-refractivity contribution in [2.45, 2.75) is 12.8 Å². The maximum Gasteiger partial charge on any atom is 0.296 e. The SMILES string of the molecule is COc1ccc(NCC2CCNCC2)c([N+](=O)[O-])c1. The smallest absolute Gasteiger partial charge is 0.296 e. The molecule has 0 amide bonds. The number of nitro groups is 1. The highest BCUT2D eigenvalue weighted by molar-refractivity contribution is 5.63. The fraction of sp³-hybridized carbons (Fsp3) is 0.538. The second kappa shape index (κ2) is 6.38. The minimum Gasteiger partial charge on any atom is -0.496 e. The summed E-state index contributed by atoms with van der Waals surface area (Å²) < 4.78 is 5.01. The predicted molar refractivity (Wildman–Crippen MR) is 73.7 cm³/mol. The minimum absolute atomic E-state index is 0.0632. The summed E-state index contributed by atoms with van der Waals surface area (Å²) in [5.41, 5.74) is 0.623. The molecule has 0 unspecified atom stereocenters. The van der Waals surface area contributed by atoms with E-state index in [-0.39, 0.29) is 10.6 Å². The van der Waals surface area contributed by atoms with Gasteiger partial charge in [-0.1, -0.05) is 0 Å². The molecule has 0 aromatic heterocycles. The predicted octanol–water partition coefficient (Wildman–Crippen LogP) is 2.01. The number of anilines is 1. The van der Waals surface area contributed by atoms with E-state index in [9.17, 15) is 10.1 Å². The molecule has 6 nitrogen and oxygen atoms in total. The van der Waals surface area contributed by atoms with E-state index in [1.165, 1.54) is 13.2 Å². The summed E-state index contributed by atoms with van der Waals surface area (Å²) >= 11 is 0. The summed E-state index contributed by atoms with van der Waals surface area (Å²) in [5.74, 6) is 1.07. The van der Waals surface area contributed by atoms with Crippen molar-refractivity contribution in [3.63, 3.8) is 0 Å². The first-order chi connectivity index (χ1) is 9.20. The van der Waals surface area contributed by atoms with Crippen molar-refractivity contribution >= 4 is 11.4 Å². The van der Waals surface area contributed by atoms with Gasteiger partial charge in [-0.3, -0.25) is 10.1 Å². The standard InChI is InChI=1S/C13H19N3O3/c1-19-11-2-3-12(13(8-11)16(17)18)15-9-10-4-6-14-7-5-10/h2-3,8,10,14-15H,4-7,9H2,1H3. The molecule has 1 heterocycles. The number of piperidine rings is 1. The van der Waals surface area contributed by atoms with E-state index in [0.717, 1.165) is 32.5 Å². The van der Waals surface area contributed by atoms with Crippen LogP contribution in [0.1, 0.15) is 12.8 Å². The largest absolute Gasteiger partial charge is 0.496 e. The molecule has 1 aliphatic heterocycles. The van der Waals surface area contributed by atoms with Crippen LogP contribution in [-0.4, -0.2) is 31.7 Å². The summed E-state index contributed by atoms with van der Waals surface area (Å²) in [6.07, 6.45) is 2.22. The lowest BCUT2D eigenvalue weighted by molar-refractivity contribution is -0.384. The zero-order chi connectivity index (χ0) is 13.7.